The first kappa shape index (κ1) is 27.2. The standard InChI is InChI=1S/C39H35NO3/c1-26(41)43-39(30-16-15-29-18-19-34-32-13-7-5-11-28(32)17-20-35(34)36(29)23-30)37-25-40(22-21-27-9-3-2-4-10-27)24-31-12-6-8-14-33(31)38(37)42/h2-14,17-20,25,30,39H,15-16,21-24H2,1H3. The lowest BCUT2D eigenvalue weighted by molar-refractivity contribution is -0.147. The zero-order chi connectivity index (χ0) is 29.3. The molecule has 2 atom stereocenters. The molecule has 1 aliphatic heterocycles. The summed E-state index contributed by atoms with van der Waals surface area (Å²) in [6.45, 7) is 2.84. The molecule has 0 bridgehead atoms. The Balaban J connectivity index is 1.28. The van der Waals surface area contributed by atoms with Gasteiger partial charge in [0.2, 0.25) is 0 Å². The van der Waals surface area contributed by atoms with Crippen molar-refractivity contribution in [3.05, 3.63) is 143 Å². The van der Waals surface area contributed by atoms with E-state index in [0.29, 0.717) is 17.7 Å². The molecule has 2 aliphatic rings. The normalized spacial score (nSPS) is 17.1. The largest absolute Gasteiger partial charge is 0.457 e. The van der Waals surface area contributed by atoms with Crippen LogP contribution < -0.4 is 0 Å². The van der Waals surface area contributed by atoms with Crippen LogP contribution in [0.4, 0.5) is 0 Å². The Kier molecular flexibility index (Phi) is 7.28. The molecule has 0 N–H and O–H groups in total. The van der Waals surface area contributed by atoms with Crippen LogP contribution in [0.15, 0.2) is 115 Å². The monoisotopic (exact) mass is 565 g/mol. The van der Waals surface area contributed by atoms with Gasteiger partial charge in [0, 0.05) is 37.7 Å². The molecule has 4 nitrogen and oxygen atoms in total. The van der Waals surface area contributed by atoms with E-state index < -0.39 is 6.10 Å². The number of benzene rings is 5. The number of nitrogens with zero attached hydrogens (tertiary/aromatic N) is 1. The van der Waals surface area contributed by atoms with E-state index in [0.717, 1.165) is 37.8 Å². The van der Waals surface area contributed by atoms with E-state index in [2.05, 4.69) is 77.7 Å². The van der Waals surface area contributed by atoms with Crippen LogP contribution >= 0.6 is 0 Å². The Bertz CT molecular complexity index is 1870. The fourth-order valence-corrected chi connectivity index (χ4v) is 7.05. The molecule has 0 spiro atoms. The number of hydrogen-bond donors (Lipinski definition) is 0. The number of rotatable bonds is 6. The number of carbonyl (C=O) groups is 2. The van der Waals surface area contributed by atoms with Crippen LogP contribution in [-0.4, -0.2) is 29.3 Å². The summed E-state index contributed by atoms with van der Waals surface area (Å²) in [7, 11) is 0. The molecule has 5 aromatic rings. The Morgan fingerprint density at radius 2 is 1.60 bits per heavy atom. The van der Waals surface area contributed by atoms with Gasteiger partial charge < -0.3 is 9.64 Å². The second-order valence-corrected chi connectivity index (χ2v) is 11.9. The molecular formula is C39H35NO3. The van der Waals surface area contributed by atoms with Gasteiger partial charge in [-0.25, -0.2) is 0 Å². The SMILES string of the molecule is CC(=O)OC(C1=CN(CCc2ccccc2)Cc2ccccc2C1=O)C1CCc2ccc3c(ccc4ccccc43)c2C1. The molecule has 1 heterocycles. The molecule has 0 saturated carbocycles. The molecule has 0 amide bonds. The van der Waals surface area contributed by atoms with Gasteiger partial charge in [0.25, 0.3) is 0 Å². The van der Waals surface area contributed by atoms with Gasteiger partial charge in [-0.1, -0.05) is 103 Å². The lowest BCUT2D eigenvalue weighted by atomic mass is 9.76. The first-order valence-electron chi connectivity index (χ1n) is 15.3. The van der Waals surface area contributed by atoms with Crippen molar-refractivity contribution in [2.75, 3.05) is 6.54 Å². The van der Waals surface area contributed by atoms with Crippen LogP contribution in [0.2, 0.25) is 0 Å². The van der Waals surface area contributed by atoms with Crippen LogP contribution in [0, 0.1) is 5.92 Å². The van der Waals surface area contributed by atoms with Crippen molar-refractivity contribution in [2.24, 2.45) is 5.92 Å². The molecule has 1 aliphatic carbocycles. The van der Waals surface area contributed by atoms with Crippen LogP contribution in [0.25, 0.3) is 21.5 Å². The molecule has 2 unspecified atom stereocenters. The van der Waals surface area contributed by atoms with Gasteiger partial charge in [0.1, 0.15) is 6.10 Å². The topological polar surface area (TPSA) is 46.6 Å². The summed E-state index contributed by atoms with van der Waals surface area (Å²) in [4.78, 5) is 29.1. The predicted octanol–water partition coefficient (Wildman–Crippen LogP) is 7.85. The number of aryl methyl sites for hydroxylation is 1. The van der Waals surface area contributed by atoms with Crippen molar-refractivity contribution in [3.63, 3.8) is 0 Å². The first-order chi connectivity index (χ1) is 21.0. The lowest BCUT2D eigenvalue weighted by Gasteiger charge is -2.33. The Morgan fingerprint density at radius 3 is 2.47 bits per heavy atom. The number of ketones is 1. The lowest BCUT2D eigenvalue weighted by Crippen LogP contribution is -2.35. The van der Waals surface area contributed by atoms with Gasteiger partial charge in [-0.05, 0) is 69.5 Å². The molecule has 5 aromatic carbocycles. The van der Waals surface area contributed by atoms with E-state index in [9.17, 15) is 9.59 Å². The van der Waals surface area contributed by atoms with E-state index in [4.69, 9.17) is 4.74 Å². The van der Waals surface area contributed by atoms with Gasteiger partial charge in [-0.2, -0.15) is 0 Å². The highest BCUT2D eigenvalue weighted by Gasteiger charge is 2.37. The maximum absolute atomic E-state index is 14.2. The average molecular weight is 566 g/mol. The van der Waals surface area contributed by atoms with Crippen molar-refractivity contribution in [3.8, 4) is 0 Å². The summed E-state index contributed by atoms with van der Waals surface area (Å²) in [5.74, 6) is -0.412. The highest BCUT2D eigenvalue weighted by molar-refractivity contribution is 6.11. The summed E-state index contributed by atoms with van der Waals surface area (Å²) in [6.07, 6.45) is 4.70. The second kappa shape index (κ2) is 11.5. The number of hydrogen-bond acceptors (Lipinski definition) is 4. The van der Waals surface area contributed by atoms with Gasteiger partial charge in [0.15, 0.2) is 5.78 Å². The molecule has 214 valence electrons. The minimum Gasteiger partial charge on any atom is -0.457 e. The van der Waals surface area contributed by atoms with E-state index in [-0.39, 0.29) is 17.7 Å². The molecule has 0 aromatic heterocycles. The summed E-state index contributed by atoms with van der Waals surface area (Å²) in [5, 5.41) is 4.96. The van der Waals surface area contributed by atoms with Crippen molar-refractivity contribution >= 4 is 33.3 Å². The van der Waals surface area contributed by atoms with E-state index in [1.54, 1.807) is 0 Å². The average Bonchev–Trinajstić information content (AvgIpc) is 3.18. The highest BCUT2D eigenvalue weighted by Crippen LogP contribution is 2.39. The van der Waals surface area contributed by atoms with Crippen molar-refractivity contribution in [2.45, 2.75) is 45.3 Å². The highest BCUT2D eigenvalue weighted by atomic mass is 16.5. The maximum Gasteiger partial charge on any atom is 0.303 e. The molecule has 43 heavy (non-hydrogen) atoms. The van der Waals surface area contributed by atoms with E-state index >= 15 is 0 Å². The Morgan fingerprint density at radius 1 is 0.837 bits per heavy atom. The van der Waals surface area contributed by atoms with Crippen LogP contribution in [0.5, 0.6) is 0 Å². The summed E-state index contributed by atoms with van der Waals surface area (Å²) < 4.78 is 6.12. The fraction of sp³-hybridized carbons (Fsp3) is 0.231. The molecular weight excluding hydrogens is 530 g/mol. The number of esters is 1. The third-order valence-corrected chi connectivity index (χ3v) is 9.16. The number of carbonyl (C=O) groups excluding carboxylic acids is 2. The quantitative estimate of drug-likeness (QED) is 0.155. The summed E-state index contributed by atoms with van der Waals surface area (Å²) in [5.41, 5.74) is 6.17. The van der Waals surface area contributed by atoms with Crippen LogP contribution in [0.3, 0.4) is 0 Å². The van der Waals surface area contributed by atoms with Crippen molar-refractivity contribution < 1.29 is 14.3 Å². The van der Waals surface area contributed by atoms with Gasteiger partial charge in [-0.3, -0.25) is 9.59 Å². The molecule has 0 fully saturated rings. The minimum absolute atomic E-state index is 0.00935. The smallest absolute Gasteiger partial charge is 0.303 e. The predicted molar refractivity (Wildman–Crippen MR) is 172 cm³/mol. The van der Waals surface area contributed by atoms with Gasteiger partial charge in [0.05, 0.1) is 5.57 Å². The molecule has 7 rings (SSSR count). The number of fused-ring (bicyclic) bond motifs is 6. The number of Topliss-reactive ketones (excluding diaryl/α,β-unsaturated/α-hetero) is 1. The summed E-state index contributed by atoms with van der Waals surface area (Å²) >= 11 is 0. The van der Waals surface area contributed by atoms with Gasteiger partial charge >= 0.3 is 5.97 Å². The molecule has 0 radical (unpaired) electrons. The minimum atomic E-state index is -0.626. The zero-order valence-electron chi connectivity index (χ0n) is 24.5. The van der Waals surface area contributed by atoms with Gasteiger partial charge in [-0.15, -0.1) is 0 Å². The molecule has 4 heteroatoms. The van der Waals surface area contributed by atoms with Crippen molar-refractivity contribution in [1.29, 1.82) is 0 Å². The Labute approximate surface area is 252 Å². The fourth-order valence-electron chi connectivity index (χ4n) is 7.05. The number of ether oxygens (including phenoxy) is 1. The zero-order valence-corrected chi connectivity index (χ0v) is 24.5. The van der Waals surface area contributed by atoms with E-state index in [1.807, 2.05) is 36.5 Å². The third-order valence-electron chi connectivity index (χ3n) is 9.16. The maximum atomic E-state index is 14.2. The second-order valence-electron chi connectivity index (χ2n) is 11.9. The molecule has 0 saturated heterocycles. The van der Waals surface area contributed by atoms with E-state index in [1.165, 1.54) is 45.2 Å². The van der Waals surface area contributed by atoms with Crippen molar-refractivity contribution in [1.82, 2.24) is 4.90 Å². The first-order valence-corrected chi connectivity index (χ1v) is 15.3. The van der Waals surface area contributed by atoms with Crippen LogP contribution in [-0.2, 0) is 35.3 Å². The Hall–Kier alpha value is -4.70. The summed E-state index contributed by atoms with van der Waals surface area (Å²) in [6, 6.07) is 35.7. The van der Waals surface area contributed by atoms with Crippen LogP contribution in [0.1, 0.15) is 46.0 Å². The third kappa shape index (κ3) is 5.34.